The molecule has 2 amide bonds. The number of nitrogens with zero attached hydrogens (tertiary/aromatic N) is 1. The SMILES string of the molecule is O=C(NCc1ccccc1C(F)(F)F)c1cccc(CNC(=O)c2cc3ccncc3s2)c1. The molecule has 9 heteroatoms. The summed E-state index contributed by atoms with van der Waals surface area (Å²) in [5, 5.41) is 6.28. The van der Waals surface area contributed by atoms with Gasteiger partial charge in [-0.25, -0.2) is 0 Å². The number of thiophene rings is 1. The van der Waals surface area contributed by atoms with Crippen LogP contribution in [0.25, 0.3) is 10.1 Å². The summed E-state index contributed by atoms with van der Waals surface area (Å²) in [5.41, 5.74) is 0.188. The van der Waals surface area contributed by atoms with E-state index in [9.17, 15) is 22.8 Å². The average molecular weight is 469 g/mol. The smallest absolute Gasteiger partial charge is 0.348 e. The number of hydrogen-bond acceptors (Lipinski definition) is 4. The molecule has 0 radical (unpaired) electrons. The zero-order chi connectivity index (χ0) is 23.4. The van der Waals surface area contributed by atoms with Crippen LogP contribution in [0.15, 0.2) is 73.1 Å². The second kappa shape index (κ2) is 9.41. The number of benzene rings is 2. The fourth-order valence-electron chi connectivity index (χ4n) is 3.32. The molecule has 0 saturated heterocycles. The van der Waals surface area contributed by atoms with E-state index in [0.29, 0.717) is 16.0 Å². The molecule has 0 spiro atoms. The van der Waals surface area contributed by atoms with Crippen molar-refractivity contribution in [3.63, 3.8) is 0 Å². The molecule has 0 aliphatic heterocycles. The zero-order valence-electron chi connectivity index (χ0n) is 17.1. The fraction of sp³-hybridized carbons (Fsp3) is 0.125. The van der Waals surface area contributed by atoms with Gasteiger partial charge in [0.25, 0.3) is 11.8 Å². The Morgan fingerprint density at radius 1 is 0.909 bits per heavy atom. The van der Waals surface area contributed by atoms with Crippen LogP contribution < -0.4 is 10.6 Å². The molecule has 0 unspecified atom stereocenters. The summed E-state index contributed by atoms with van der Waals surface area (Å²) in [7, 11) is 0. The number of hydrogen-bond donors (Lipinski definition) is 2. The molecule has 4 rings (SSSR count). The van der Waals surface area contributed by atoms with Gasteiger partial charge in [-0.05, 0) is 46.8 Å². The Balaban J connectivity index is 1.38. The highest BCUT2D eigenvalue weighted by Gasteiger charge is 2.32. The number of amides is 2. The van der Waals surface area contributed by atoms with Gasteiger partial charge in [0.1, 0.15) is 0 Å². The molecule has 0 aliphatic rings. The molecule has 0 saturated carbocycles. The number of pyridine rings is 1. The normalized spacial score (nSPS) is 11.4. The van der Waals surface area contributed by atoms with Gasteiger partial charge >= 0.3 is 6.18 Å². The van der Waals surface area contributed by atoms with E-state index >= 15 is 0 Å². The van der Waals surface area contributed by atoms with E-state index in [-0.39, 0.29) is 24.6 Å². The van der Waals surface area contributed by atoms with Crippen LogP contribution in [0.1, 0.15) is 36.7 Å². The lowest BCUT2D eigenvalue weighted by Crippen LogP contribution is -2.25. The molecule has 0 bridgehead atoms. The predicted molar refractivity (Wildman–Crippen MR) is 120 cm³/mol. The van der Waals surface area contributed by atoms with Gasteiger partial charge in [-0.3, -0.25) is 14.6 Å². The van der Waals surface area contributed by atoms with E-state index in [1.54, 1.807) is 42.7 Å². The Hall–Kier alpha value is -3.72. The fourth-order valence-corrected chi connectivity index (χ4v) is 4.26. The summed E-state index contributed by atoms with van der Waals surface area (Å²) in [4.78, 5) is 29.6. The third kappa shape index (κ3) is 5.38. The molecule has 5 nitrogen and oxygen atoms in total. The standard InChI is InChI=1S/C24H18F3N3O2S/c25-24(26,27)19-7-2-1-5-18(19)13-30-22(31)17-6-3-4-15(10-17)12-29-23(32)20-11-16-8-9-28-14-21(16)33-20/h1-11,14H,12-13H2,(H,29,32)(H,30,31). The first-order chi connectivity index (χ1) is 15.8. The molecular formula is C24H18F3N3O2S. The summed E-state index contributed by atoms with van der Waals surface area (Å²) < 4.78 is 40.3. The number of carbonyl (C=O) groups is 2. The van der Waals surface area contributed by atoms with E-state index in [4.69, 9.17) is 0 Å². The van der Waals surface area contributed by atoms with Gasteiger partial charge in [-0.1, -0.05) is 30.3 Å². The van der Waals surface area contributed by atoms with Crippen molar-refractivity contribution in [1.29, 1.82) is 0 Å². The lowest BCUT2D eigenvalue weighted by Gasteiger charge is -2.13. The van der Waals surface area contributed by atoms with Crippen LogP contribution in [0, 0.1) is 0 Å². The van der Waals surface area contributed by atoms with Crippen molar-refractivity contribution in [2.24, 2.45) is 0 Å². The van der Waals surface area contributed by atoms with Crippen LogP contribution in [0.5, 0.6) is 0 Å². The minimum Gasteiger partial charge on any atom is -0.348 e. The number of nitrogens with one attached hydrogen (secondary N) is 2. The first kappa shape index (κ1) is 22.5. The van der Waals surface area contributed by atoms with Gasteiger partial charge in [0, 0.05) is 31.0 Å². The lowest BCUT2D eigenvalue weighted by molar-refractivity contribution is -0.138. The second-order valence-corrected chi connectivity index (χ2v) is 8.33. The van der Waals surface area contributed by atoms with Gasteiger partial charge in [-0.15, -0.1) is 11.3 Å². The predicted octanol–water partition coefficient (Wildman–Crippen LogP) is 5.18. The average Bonchev–Trinajstić information content (AvgIpc) is 3.25. The number of alkyl halides is 3. The van der Waals surface area contributed by atoms with Gasteiger partial charge < -0.3 is 10.6 Å². The maximum atomic E-state index is 13.1. The van der Waals surface area contributed by atoms with Crippen LogP contribution >= 0.6 is 11.3 Å². The van der Waals surface area contributed by atoms with Crippen LogP contribution in [0.4, 0.5) is 13.2 Å². The van der Waals surface area contributed by atoms with Crippen LogP contribution in [-0.2, 0) is 19.3 Å². The molecule has 33 heavy (non-hydrogen) atoms. The Kier molecular flexibility index (Phi) is 6.41. The summed E-state index contributed by atoms with van der Waals surface area (Å²) in [6.07, 6.45) is -1.13. The molecule has 0 atom stereocenters. The molecular weight excluding hydrogens is 451 g/mol. The first-order valence-electron chi connectivity index (χ1n) is 9.95. The second-order valence-electron chi connectivity index (χ2n) is 7.24. The number of carbonyl (C=O) groups excluding carboxylic acids is 2. The van der Waals surface area contributed by atoms with E-state index in [1.807, 2.05) is 6.07 Å². The first-order valence-corrected chi connectivity index (χ1v) is 10.8. The monoisotopic (exact) mass is 469 g/mol. The van der Waals surface area contributed by atoms with Gasteiger partial charge in [0.2, 0.25) is 0 Å². The Morgan fingerprint density at radius 2 is 1.70 bits per heavy atom. The maximum Gasteiger partial charge on any atom is 0.416 e. The summed E-state index contributed by atoms with van der Waals surface area (Å²) in [6, 6.07) is 15.3. The third-order valence-electron chi connectivity index (χ3n) is 4.95. The Morgan fingerprint density at radius 3 is 2.48 bits per heavy atom. The van der Waals surface area contributed by atoms with Crippen LogP contribution in [0.3, 0.4) is 0 Å². The lowest BCUT2D eigenvalue weighted by atomic mass is 10.1. The topological polar surface area (TPSA) is 71.1 Å². The maximum absolute atomic E-state index is 13.1. The van der Waals surface area contributed by atoms with Crippen molar-refractivity contribution in [3.05, 3.63) is 100 Å². The molecule has 2 aromatic heterocycles. The minimum atomic E-state index is -4.50. The molecule has 0 aliphatic carbocycles. The number of fused-ring (bicyclic) bond motifs is 1. The van der Waals surface area contributed by atoms with Crippen molar-refractivity contribution < 1.29 is 22.8 Å². The number of rotatable bonds is 6. The molecule has 2 N–H and O–H groups in total. The van der Waals surface area contributed by atoms with E-state index in [0.717, 1.165) is 16.2 Å². The Labute approximate surface area is 191 Å². The molecule has 168 valence electrons. The van der Waals surface area contributed by atoms with Crippen molar-refractivity contribution in [2.75, 3.05) is 0 Å². The minimum absolute atomic E-state index is 0.0136. The van der Waals surface area contributed by atoms with E-state index < -0.39 is 17.6 Å². The van der Waals surface area contributed by atoms with Crippen molar-refractivity contribution in [2.45, 2.75) is 19.3 Å². The van der Waals surface area contributed by atoms with Crippen LogP contribution in [-0.4, -0.2) is 16.8 Å². The zero-order valence-corrected chi connectivity index (χ0v) is 18.0. The number of aromatic nitrogens is 1. The third-order valence-corrected chi connectivity index (χ3v) is 6.04. The Bertz CT molecular complexity index is 1280. The highest BCUT2D eigenvalue weighted by Crippen LogP contribution is 2.31. The summed E-state index contributed by atoms with van der Waals surface area (Å²) in [6.45, 7) is -0.0559. The van der Waals surface area contributed by atoms with Gasteiger partial charge in [0.05, 0.1) is 15.1 Å². The molecule has 2 heterocycles. The largest absolute Gasteiger partial charge is 0.416 e. The molecule has 0 fully saturated rings. The van der Waals surface area contributed by atoms with Crippen molar-refractivity contribution in [3.8, 4) is 0 Å². The van der Waals surface area contributed by atoms with Crippen molar-refractivity contribution in [1.82, 2.24) is 15.6 Å². The van der Waals surface area contributed by atoms with Gasteiger partial charge in [0.15, 0.2) is 0 Å². The van der Waals surface area contributed by atoms with Gasteiger partial charge in [-0.2, -0.15) is 13.2 Å². The highest BCUT2D eigenvalue weighted by molar-refractivity contribution is 7.20. The van der Waals surface area contributed by atoms with Crippen molar-refractivity contribution >= 4 is 33.2 Å². The molecule has 4 aromatic rings. The summed E-state index contributed by atoms with van der Waals surface area (Å²) >= 11 is 1.34. The van der Waals surface area contributed by atoms with Crippen LogP contribution in [0.2, 0.25) is 0 Å². The van der Waals surface area contributed by atoms with E-state index in [2.05, 4.69) is 15.6 Å². The molecule has 2 aromatic carbocycles. The van der Waals surface area contributed by atoms with E-state index in [1.165, 1.54) is 29.5 Å². The summed E-state index contributed by atoms with van der Waals surface area (Å²) in [5.74, 6) is -0.744. The highest BCUT2D eigenvalue weighted by atomic mass is 32.1. The quantitative estimate of drug-likeness (QED) is 0.409. The number of halogens is 3.